The predicted octanol–water partition coefficient (Wildman–Crippen LogP) is 6.44. The number of anilines is 1. The summed E-state index contributed by atoms with van der Waals surface area (Å²) in [6.07, 6.45) is 3.27. The standard InChI is InChI=1S/C34H41FN4O4S/c1-6-24(4)36-32-34(16-18-38(19-17-34)22-25-8-7-9-28(20-25)43-23(2)3)39(33(40)37-32)31-21-27(35)12-15-30(31)26-10-13-29(14-11-26)44(5,41)42/h7-15,20-21,23-24H,6,16-19,22H2,1-5H3,(H,36,37,40). The van der Waals surface area contributed by atoms with Crippen molar-refractivity contribution in [1.29, 1.82) is 0 Å². The average molecular weight is 621 g/mol. The molecule has 2 aliphatic rings. The molecule has 1 unspecified atom stereocenters. The fraction of sp³-hybridized carbons (Fsp3) is 0.412. The average Bonchev–Trinajstić information content (AvgIpc) is 3.23. The topological polar surface area (TPSA) is 91.3 Å². The van der Waals surface area contributed by atoms with Crippen LogP contribution in [0.1, 0.15) is 52.5 Å². The maximum absolute atomic E-state index is 14.9. The van der Waals surface area contributed by atoms with Crippen LogP contribution in [0.3, 0.4) is 0 Å². The van der Waals surface area contributed by atoms with Gasteiger partial charge in [0.25, 0.3) is 0 Å². The van der Waals surface area contributed by atoms with Crippen LogP contribution in [0.5, 0.6) is 5.75 Å². The number of carbonyl (C=O) groups is 1. The lowest BCUT2D eigenvalue weighted by Crippen LogP contribution is -2.57. The molecule has 1 spiro atoms. The van der Waals surface area contributed by atoms with E-state index < -0.39 is 21.2 Å². The van der Waals surface area contributed by atoms with E-state index in [1.165, 1.54) is 24.3 Å². The molecule has 1 N–H and O–H groups in total. The van der Waals surface area contributed by atoms with Crippen molar-refractivity contribution in [3.63, 3.8) is 0 Å². The van der Waals surface area contributed by atoms with Gasteiger partial charge >= 0.3 is 6.03 Å². The second kappa shape index (κ2) is 12.7. The first kappa shape index (κ1) is 31.7. The number of nitrogens with one attached hydrogen (secondary N) is 1. The normalized spacial score (nSPS) is 18.7. The van der Waals surface area contributed by atoms with E-state index in [-0.39, 0.29) is 23.1 Å². The highest BCUT2D eigenvalue weighted by Crippen LogP contribution is 2.43. The van der Waals surface area contributed by atoms with Crippen LogP contribution in [0.15, 0.2) is 76.6 Å². The van der Waals surface area contributed by atoms with E-state index in [9.17, 15) is 17.6 Å². The summed E-state index contributed by atoms with van der Waals surface area (Å²) in [5.74, 6) is 0.994. The maximum atomic E-state index is 14.9. The van der Waals surface area contributed by atoms with Crippen LogP contribution >= 0.6 is 0 Å². The molecule has 0 aromatic heterocycles. The van der Waals surface area contributed by atoms with Crippen LogP contribution in [0.25, 0.3) is 11.1 Å². The van der Waals surface area contributed by atoms with Crippen LogP contribution in [-0.2, 0) is 16.4 Å². The number of aliphatic imine (C=N–C) groups is 1. The van der Waals surface area contributed by atoms with Gasteiger partial charge in [-0.2, -0.15) is 0 Å². The van der Waals surface area contributed by atoms with Gasteiger partial charge in [-0.15, -0.1) is 0 Å². The molecule has 44 heavy (non-hydrogen) atoms. The Hall–Kier alpha value is -3.76. The molecule has 0 saturated carbocycles. The number of rotatable bonds is 9. The maximum Gasteiger partial charge on any atom is 0.328 e. The summed E-state index contributed by atoms with van der Waals surface area (Å²) in [6.45, 7) is 10.2. The molecule has 0 bridgehead atoms. The Labute approximate surface area is 259 Å². The van der Waals surface area contributed by atoms with Gasteiger partial charge in [0.05, 0.1) is 16.7 Å². The summed E-state index contributed by atoms with van der Waals surface area (Å²) in [5, 5.41) is 3.05. The van der Waals surface area contributed by atoms with Crippen molar-refractivity contribution in [2.45, 2.75) is 76.1 Å². The first-order valence-electron chi connectivity index (χ1n) is 15.2. The second-order valence-electron chi connectivity index (χ2n) is 12.1. The molecule has 10 heteroatoms. The summed E-state index contributed by atoms with van der Waals surface area (Å²) in [4.78, 5) is 23.0. The molecule has 234 valence electrons. The molecule has 3 aromatic carbocycles. The van der Waals surface area contributed by atoms with Crippen molar-refractivity contribution in [3.05, 3.63) is 78.1 Å². The van der Waals surface area contributed by atoms with Gasteiger partial charge in [-0.3, -0.25) is 20.1 Å². The number of amidine groups is 1. The van der Waals surface area contributed by atoms with Crippen LogP contribution < -0.4 is 15.0 Å². The monoisotopic (exact) mass is 620 g/mol. The molecule has 8 nitrogen and oxygen atoms in total. The first-order chi connectivity index (χ1) is 20.9. The molecular formula is C34H41FN4O4S. The lowest BCUT2D eigenvalue weighted by Gasteiger charge is -2.44. The molecule has 2 aliphatic heterocycles. The lowest BCUT2D eigenvalue weighted by molar-refractivity contribution is 0.183. The van der Waals surface area contributed by atoms with Crippen LogP contribution in [0, 0.1) is 5.82 Å². The highest BCUT2D eigenvalue weighted by atomic mass is 32.2. The zero-order valence-electron chi connectivity index (χ0n) is 26.0. The second-order valence-corrected chi connectivity index (χ2v) is 14.1. The van der Waals surface area contributed by atoms with Crippen molar-refractivity contribution >= 4 is 27.4 Å². The summed E-state index contributed by atoms with van der Waals surface area (Å²) < 4.78 is 44.9. The Morgan fingerprint density at radius 3 is 2.36 bits per heavy atom. The first-order valence-corrected chi connectivity index (χ1v) is 17.1. The minimum absolute atomic E-state index is 0.000585. The molecule has 2 amide bonds. The SMILES string of the molecule is CCC(C)N=C1NC(=O)N(c2cc(F)ccc2-c2ccc(S(C)(=O)=O)cc2)C12CCN(Cc1cccc(OC(C)C)c1)CC2. The van der Waals surface area contributed by atoms with E-state index >= 15 is 0 Å². The highest BCUT2D eigenvalue weighted by Gasteiger charge is 2.53. The predicted molar refractivity (Wildman–Crippen MR) is 173 cm³/mol. The molecule has 3 aromatic rings. The molecule has 5 rings (SSSR count). The number of carbonyl (C=O) groups excluding carboxylic acids is 1. The van der Waals surface area contributed by atoms with Gasteiger partial charge in [-0.25, -0.2) is 17.6 Å². The number of benzene rings is 3. The van der Waals surface area contributed by atoms with Crippen molar-refractivity contribution < 1.29 is 22.3 Å². The number of nitrogens with zero attached hydrogens (tertiary/aromatic N) is 3. The number of sulfone groups is 1. The smallest absolute Gasteiger partial charge is 0.328 e. The number of likely N-dealkylation sites (tertiary alicyclic amines) is 1. The van der Waals surface area contributed by atoms with Gasteiger partial charge in [0.15, 0.2) is 9.84 Å². The van der Waals surface area contributed by atoms with Crippen molar-refractivity contribution in [2.75, 3.05) is 24.2 Å². The van der Waals surface area contributed by atoms with E-state index in [2.05, 4.69) is 29.3 Å². The lowest BCUT2D eigenvalue weighted by atomic mass is 9.84. The minimum Gasteiger partial charge on any atom is -0.491 e. The Balaban J connectivity index is 1.50. The van der Waals surface area contributed by atoms with Crippen LogP contribution in [-0.4, -0.2) is 62.2 Å². The number of piperidine rings is 1. The third kappa shape index (κ3) is 6.66. The quantitative estimate of drug-likeness (QED) is 0.297. The van der Waals surface area contributed by atoms with Gasteiger partial charge in [-0.1, -0.05) is 31.2 Å². The number of ether oxygens (including phenoxy) is 1. The van der Waals surface area contributed by atoms with Gasteiger partial charge in [-0.05, 0) is 93.6 Å². The Morgan fingerprint density at radius 2 is 1.73 bits per heavy atom. The molecule has 0 radical (unpaired) electrons. The Kier molecular flexibility index (Phi) is 9.13. The zero-order chi connectivity index (χ0) is 31.6. The van der Waals surface area contributed by atoms with E-state index in [1.807, 2.05) is 32.9 Å². The number of hydrogen-bond acceptors (Lipinski definition) is 6. The van der Waals surface area contributed by atoms with Crippen molar-refractivity contribution in [3.8, 4) is 16.9 Å². The van der Waals surface area contributed by atoms with Gasteiger partial charge in [0, 0.05) is 37.5 Å². The third-order valence-electron chi connectivity index (χ3n) is 8.39. The van der Waals surface area contributed by atoms with E-state index in [4.69, 9.17) is 9.73 Å². The van der Waals surface area contributed by atoms with Crippen LogP contribution in [0.2, 0.25) is 0 Å². The Bertz CT molecular complexity index is 1650. The fourth-order valence-corrected chi connectivity index (χ4v) is 6.61. The molecular weight excluding hydrogens is 579 g/mol. The molecule has 2 saturated heterocycles. The van der Waals surface area contributed by atoms with Gasteiger partial charge in [0.2, 0.25) is 0 Å². The van der Waals surface area contributed by atoms with E-state index in [0.29, 0.717) is 48.6 Å². The summed E-state index contributed by atoms with van der Waals surface area (Å²) in [7, 11) is -3.38. The summed E-state index contributed by atoms with van der Waals surface area (Å²) >= 11 is 0. The van der Waals surface area contributed by atoms with E-state index in [1.54, 1.807) is 23.1 Å². The summed E-state index contributed by atoms with van der Waals surface area (Å²) in [6, 6.07) is 18.6. The van der Waals surface area contributed by atoms with Crippen LogP contribution in [0.4, 0.5) is 14.9 Å². The summed E-state index contributed by atoms with van der Waals surface area (Å²) in [5.41, 5.74) is 2.11. The number of amides is 2. The van der Waals surface area contributed by atoms with Crippen molar-refractivity contribution in [1.82, 2.24) is 10.2 Å². The van der Waals surface area contributed by atoms with Gasteiger partial charge in [0.1, 0.15) is 22.9 Å². The zero-order valence-corrected chi connectivity index (χ0v) is 26.8. The Morgan fingerprint density at radius 1 is 1.02 bits per heavy atom. The molecule has 0 aliphatic carbocycles. The van der Waals surface area contributed by atoms with Gasteiger partial charge < -0.3 is 4.74 Å². The molecule has 2 fully saturated rings. The number of hydrogen-bond donors (Lipinski definition) is 1. The number of urea groups is 1. The third-order valence-corrected chi connectivity index (χ3v) is 9.52. The molecule has 2 heterocycles. The molecule has 1 atom stereocenters. The largest absolute Gasteiger partial charge is 0.491 e. The highest BCUT2D eigenvalue weighted by molar-refractivity contribution is 7.90. The fourth-order valence-electron chi connectivity index (χ4n) is 5.98. The van der Waals surface area contributed by atoms with E-state index in [0.717, 1.165) is 30.5 Å². The minimum atomic E-state index is -3.38. The van der Waals surface area contributed by atoms with Crippen molar-refractivity contribution in [2.24, 2.45) is 4.99 Å². The number of halogens is 1.